The van der Waals surface area contributed by atoms with E-state index in [1.165, 1.54) is 42.7 Å². The summed E-state index contributed by atoms with van der Waals surface area (Å²) < 4.78 is 24.8. The number of sulfonamides is 1. The highest BCUT2D eigenvalue weighted by atomic mass is 32.2. The van der Waals surface area contributed by atoms with Crippen LogP contribution in [0.2, 0.25) is 0 Å². The molecule has 1 aliphatic rings. The third-order valence-electron chi connectivity index (χ3n) is 4.55. The number of carbonyl (C=O) groups excluding carboxylic acids is 1. The van der Waals surface area contributed by atoms with E-state index in [1.54, 1.807) is 31.2 Å². The van der Waals surface area contributed by atoms with Crippen LogP contribution in [0.25, 0.3) is 0 Å². The highest BCUT2D eigenvalue weighted by Crippen LogP contribution is 2.20. The van der Waals surface area contributed by atoms with Gasteiger partial charge in [-0.3, -0.25) is 9.10 Å². The van der Waals surface area contributed by atoms with Crippen LogP contribution in [0, 0.1) is 0 Å². The van der Waals surface area contributed by atoms with Gasteiger partial charge in [-0.2, -0.15) is 0 Å². The van der Waals surface area contributed by atoms with Gasteiger partial charge in [0.2, 0.25) is 10.0 Å². The fraction of sp³-hybridized carbons (Fsp3) is 0.611. The monoisotopic (exact) mass is 352 g/mol. The van der Waals surface area contributed by atoms with Crippen molar-refractivity contribution in [1.82, 2.24) is 5.32 Å². The molecular formula is C18H28N2O3S. The Kier molecular flexibility index (Phi) is 6.66. The number of hydrogen-bond donors (Lipinski definition) is 1. The molecule has 5 nitrogen and oxygen atoms in total. The van der Waals surface area contributed by atoms with Gasteiger partial charge in [-0.05, 0) is 44.0 Å². The van der Waals surface area contributed by atoms with Crippen molar-refractivity contribution in [2.75, 3.05) is 17.1 Å². The van der Waals surface area contributed by atoms with E-state index < -0.39 is 10.0 Å². The molecule has 0 heterocycles. The molecule has 0 bridgehead atoms. The molecule has 1 N–H and O–H groups in total. The summed E-state index contributed by atoms with van der Waals surface area (Å²) in [4.78, 5) is 12.4. The number of nitrogens with zero attached hydrogens (tertiary/aromatic N) is 1. The summed E-state index contributed by atoms with van der Waals surface area (Å²) in [6, 6.07) is 7.03. The van der Waals surface area contributed by atoms with Gasteiger partial charge in [-0.1, -0.05) is 32.1 Å². The van der Waals surface area contributed by atoms with Crippen molar-refractivity contribution in [3.05, 3.63) is 29.8 Å². The molecule has 1 fully saturated rings. The van der Waals surface area contributed by atoms with Gasteiger partial charge >= 0.3 is 0 Å². The van der Waals surface area contributed by atoms with Gasteiger partial charge in [-0.15, -0.1) is 0 Å². The summed E-state index contributed by atoms with van der Waals surface area (Å²) in [5, 5.41) is 3.13. The van der Waals surface area contributed by atoms with E-state index in [9.17, 15) is 13.2 Å². The molecule has 1 aromatic rings. The lowest BCUT2D eigenvalue weighted by atomic mass is 9.96. The van der Waals surface area contributed by atoms with Gasteiger partial charge in [0.1, 0.15) is 0 Å². The first kappa shape index (κ1) is 18.8. The van der Waals surface area contributed by atoms with Gasteiger partial charge in [-0.25, -0.2) is 8.42 Å². The smallest absolute Gasteiger partial charge is 0.251 e. The Bertz CT molecular complexity index is 633. The standard InChI is InChI=1S/C18H28N2O3S/c1-3-20(24(2,22)23)17-13-11-15(12-14-17)18(21)19-16-9-7-5-4-6-8-10-16/h11-14,16H,3-10H2,1-2H3,(H,19,21). The minimum Gasteiger partial charge on any atom is -0.349 e. The molecule has 0 aromatic heterocycles. The maximum absolute atomic E-state index is 12.4. The molecule has 24 heavy (non-hydrogen) atoms. The SMILES string of the molecule is CCN(c1ccc(C(=O)NC2CCCCCCC2)cc1)S(C)(=O)=O. The van der Waals surface area contributed by atoms with E-state index >= 15 is 0 Å². The predicted molar refractivity (Wildman–Crippen MR) is 97.9 cm³/mol. The molecule has 1 saturated carbocycles. The van der Waals surface area contributed by atoms with Crippen LogP contribution in [0.1, 0.15) is 62.2 Å². The molecule has 1 aliphatic carbocycles. The van der Waals surface area contributed by atoms with Crippen LogP contribution < -0.4 is 9.62 Å². The summed E-state index contributed by atoms with van der Waals surface area (Å²) >= 11 is 0. The van der Waals surface area contributed by atoms with E-state index in [-0.39, 0.29) is 11.9 Å². The molecule has 2 rings (SSSR count). The third-order valence-corrected chi connectivity index (χ3v) is 5.82. The molecule has 0 aliphatic heterocycles. The second-order valence-electron chi connectivity index (χ2n) is 6.49. The number of rotatable bonds is 5. The number of benzene rings is 1. The first-order valence-electron chi connectivity index (χ1n) is 8.80. The molecule has 0 atom stereocenters. The second kappa shape index (κ2) is 8.51. The Morgan fingerprint density at radius 2 is 1.62 bits per heavy atom. The summed E-state index contributed by atoms with van der Waals surface area (Å²) in [5.74, 6) is -0.0745. The lowest BCUT2D eigenvalue weighted by Gasteiger charge is -2.22. The number of carbonyl (C=O) groups is 1. The highest BCUT2D eigenvalue weighted by molar-refractivity contribution is 7.92. The fourth-order valence-corrected chi connectivity index (χ4v) is 4.23. The zero-order valence-corrected chi connectivity index (χ0v) is 15.4. The number of anilines is 1. The maximum Gasteiger partial charge on any atom is 0.251 e. The van der Waals surface area contributed by atoms with Crippen LogP contribution in [-0.2, 0) is 10.0 Å². The lowest BCUT2D eigenvalue weighted by Crippen LogP contribution is -2.35. The Morgan fingerprint density at radius 1 is 1.08 bits per heavy atom. The van der Waals surface area contributed by atoms with Crippen molar-refractivity contribution in [2.45, 2.75) is 57.9 Å². The minimum absolute atomic E-state index is 0.0745. The van der Waals surface area contributed by atoms with Crippen LogP contribution in [0.5, 0.6) is 0 Å². The number of amides is 1. The topological polar surface area (TPSA) is 66.5 Å². The van der Waals surface area contributed by atoms with Crippen LogP contribution in [0.15, 0.2) is 24.3 Å². The van der Waals surface area contributed by atoms with Gasteiger partial charge < -0.3 is 5.32 Å². The van der Waals surface area contributed by atoms with E-state index in [4.69, 9.17) is 0 Å². The van der Waals surface area contributed by atoms with Crippen LogP contribution in [0.4, 0.5) is 5.69 Å². The molecule has 0 radical (unpaired) electrons. The van der Waals surface area contributed by atoms with Crippen LogP contribution in [-0.4, -0.2) is 33.2 Å². The largest absolute Gasteiger partial charge is 0.349 e. The van der Waals surface area contributed by atoms with Crippen molar-refractivity contribution in [2.24, 2.45) is 0 Å². The third kappa shape index (κ3) is 5.23. The van der Waals surface area contributed by atoms with E-state index in [2.05, 4.69) is 5.32 Å². The first-order valence-corrected chi connectivity index (χ1v) is 10.7. The maximum atomic E-state index is 12.4. The molecule has 0 spiro atoms. The Balaban J connectivity index is 2.02. The lowest BCUT2D eigenvalue weighted by molar-refractivity contribution is 0.0930. The number of hydrogen-bond acceptors (Lipinski definition) is 3. The Labute approximate surface area is 145 Å². The summed E-state index contributed by atoms with van der Waals surface area (Å²) in [7, 11) is -3.30. The Hall–Kier alpha value is -1.56. The second-order valence-corrected chi connectivity index (χ2v) is 8.40. The van der Waals surface area contributed by atoms with Crippen LogP contribution in [0.3, 0.4) is 0 Å². The number of nitrogens with one attached hydrogen (secondary N) is 1. The summed E-state index contributed by atoms with van der Waals surface area (Å²) in [6.45, 7) is 2.16. The average Bonchev–Trinajstić information content (AvgIpc) is 2.49. The van der Waals surface area contributed by atoms with Crippen LogP contribution >= 0.6 is 0 Å². The van der Waals surface area contributed by atoms with Crippen molar-refractivity contribution in [1.29, 1.82) is 0 Å². The molecule has 0 unspecified atom stereocenters. The van der Waals surface area contributed by atoms with Gasteiger partial charge in [0.25, 0.3) is 5.91 Å². The predicted octanol–water partition coefficient (Wildman–Crippen LogP) is 3.32. The molecule has 6 heteroatoms. The fourth-order valence-electron chi connectivity index (χ4n) is 3.26. The zero-order valence-electron chi connectivity index (χ0n) is 14.6. The molecule has 1 aromatic carbocycles. The van der Waals surface area contributed by atoms with Crippen molar-refractivity contribution >= 4 is 21.6 Å². The normalized spacial score (nSPS) is 16.9. The molecular weight excluding hydrogens is 324 g/mol. The zero-order chi connectivity index (χ0) is 17.6. The summed E-state index contributed by atoms with van der Waals surface area (Å²) in [5.41, 5.74) is 1.16. The average molecular weight is 352 g/mol. The van der Waals surface area contributed by atoms with E-state index in [0.29, 0.717) is 17.8 Å². The van der Waals surface area contributed by atoms with Crippen molar-refractivity contribution in [3.63, 3.8) is 0 Å². The van der Waals surface area contributed by atoms with Gasteiger partial charge in [0, 0.05) is 18.2 Å². The minimum atomic E-state index is -3.30. The van der Waals surface area contributed by atoms with Crippen molar-refractivity contribution < 1.29 is 13.2 Å². The molecule has 0 saturated heterocycles. The van der Waals surface area contributed by atoms with Gasteiger partial charge in [0.05, 0.1) is 11.9 Å². The van der Waals surface area contributed by atoms with Crippen molar-refractivity contribution in [3.8, 4) is 0 Å². The summed E-state index contributed by atoms with van der Waals surface area (Å²) in [6.07, 6.45) is 9.41. The van der Waals surface area contributed by atoms with E-state index in [0.717, 1.165) is 12.8 Å². The first-order chi connectivity index (χ1) is 11.4. The van der Waals surface area contributed by atoms with Gasteiger partial charge in [0.15, 0.2) is 0 Å². The quantitative estimate of drug-likeness (QED) is 0.884. The Morgan fingerprint density at radius 3 is 2.12 bits per heavy atom. The molecule has 1 amide bonds. The highest BCUT2D eigenvalue weighted by Gasteiger charge is 2.17. The van der Waals surface area contributed by atoms with E-state index in [1.807, 2.05) is 0 Å². The molecule has 134 valence electrons.